The molecule has 39 heavy (non-hydrogen) atoms. The maximum atomic E-state index is 5.05. The van der Waals surface area contributed by atoms with Gasteiger partial charge in [0, 0.05) is 40.4 Å². The van der Waals surface area contributed by atoms with Crippen molar-refractivity contribution in [3.63, 3.8) is 0 Å². The van der Waals surface area contributed by atoms with Gasteiger partial charge in [-0.15, -0.1) is 0 Å². The van der Waals surface area contributed by atoms with E-state index in [2.05, 4.69) is 130 Å². The molecule has 0 N–H and O–H groups in total. The van der Waals surface area contributed by atoms with Crippen LogP contribution in [0.2, 0.25) is 10.1 Å². The van der Waals surface area contributed by atoms with Gasteiger partial charge in [0.2, 0.25) is 0 Å². The van der Waals surface area contributed by atoms with Gasteiger partial charge in [-0.25, -0.2) is 4.68 Å². The van der Waals surface area contributed by atoms with Crippen LogP contribution >= 0.6 is 0 Å². The Morgan fingerprint density at radius 2 is 1.33 bits per heavy atom. The molecule has 6 rings (SSSR count). The van der Waals surface area contributed by atoms with E-state index in [1.165, 1.54) is 32.3 Å². The maximum Gasteiger partial charge on any atom is 0.151 e. The fourth-order valence-electron chi connectivity index (χ4n) is 7.17. The Morgan fingerprint density at radius 3 is 2.03 bits per heavy atom. The monoisotopic (exact) mass is 528 g/mol. The Hall–Kier alpha value is -3.96. The van der Waals surface area contributed by atoms with Gasteiger partial charge in [-0.2, -0.15) is 5.10 Å². The van der Waals surface area contributed by atoms with Crippen molar-refractivity contribution >= 4 is 40.4 Å². The van der Waals surface area contributed by atoms with E-state index in [0.717, 1.165) is 11.4 Å². The third-order valence-corrected chi connectivity index (χ3v) is 15.0. The zero-order valence-electron chi connectivity index (χ0n) is 23.7. The number of benzene rings is 3. The van der Waals surface area contributed by atoms with Gasteiger partial charge >= 0.3 is 0 Å². The van der Waals surface area contributed by atoms with Crippen LogP contribution in [-0.2, 0) is 0 Å². The summed E-state index contributed by atoms with van der Waals surface area (Å²) in [6.45, 7) is 14.5. The summed E-state index contributed by atoms with van der Waals surface area (Å²) in [5.74, 6) is 0. The van der Waals surface area contributed by atoms with E-state index in [-0.39, 0.29) is 10.1 Å². The van der Waals surface area contributed by atoms with Gasteiger partial charge in [-0.05, 0) is 63.8 Å². The summed E-state index contributed by atoms with van der Waals surface area (Å²) in [6, 6.07) is 33.0. The van der Waals surface area contributed by atoms with Crippen molar-refractivity contribution in [1.82, 2.24) is 19.3 Å². The van der Waals surface area contributed by atoms with Gasteiger partial charge in [0.25, 0.3) is 0 Å². The first-order valence-corrected chi connectivity index (χ1v) is 15.7. The minimum atomic E-state index is -2.43. The van der Waals surface area contributed by atoms with E-state index in [1.807, 2.05) is 35.4 Å². The summed E-state index contributed by atoms with van der Waals surface area (Å²) >= 11 is 0. The Kier molecular flexibility index (Phi) is 5.88. The van der Waals surface area contributed by atoms with E-state index < -0.39 is 8.07 Å². The maximum absolute atomic E-state index is 5.05. The highest BCUT2D eigenvalue weighted by Crippen LogP contribution is 2.50. The lowest BCUT2D eigenvalue weighted by Crippen LogP contribution is -2.70. The molecule has 3 aromatic carbocycles. The van der Waals surface area contributed by atoms with E-state index in [1.54, 1.807) is 0 Å². The van der Waals surface area contributed by atoms with Crippen molar-refractivity contribution in [1.29, 1.82) is 0 Å². The summed E-state index contributed by atoms with van der Waals surface area (Å²) in [5.41, 5.74) is 4.61. The van der Waals surface area contributed by atoms with Crippen molar-refractivity contribution in [2.45, 2.75) is 51.6 Å². The van der Waals surface area contributed by atoms with Crippen LogP contribution in [0.1, 0.15) is 41.5 Å². The van der Waals surface area contributed by atoms with Crippen LogP contribution in [0.5, 0.6) is 0 Å². The molecule has 3 aromatic heterocycles. The average molecular weight is 529 g/mol. The zero-order chi connectivity index (χ0) is 27.4. The fraction of sp³-hybridized carbons (Fsp3) is 0.235. The van der Waals surface area contributed by atoms with Crippen LogP contribution in [0.3, 0.4) is 0 Å². The largest absolute Gasteiger partial charge is 0.309 e. The van der Waals surface area contributed by atoms with E-state index in [9.17, 15) is 0 Å². The topological polar surface area (TPSA) is 35.6 Å². The highest BCUT2D eigenvalue weighted by molar-refractivity contribution is 7.05. The molecule has 0 spiro atoms. The van der Waals surface area contributed by atoms with Gasteiger partial charge in [0.1, 0.15) is 0 Å². The predicted molar refractivity (Wildman–Crippen MR) is 167 cm³/mol. The molecule has 3 heterocycles. The lowest BCUT2D eigenvalue weighted by Gasteiger charge is -2.51. The van der Waals surface area contributed by atoms with Crippen LogP contribution in [0, 0.1) is 0 Å². The molecular formula is C34H36N4Si. The molecule has 0 amide bonds. The lowest BCUT2D eigenvalue weighted by molar-refractivity contribution is 0.635. The Balaban J connectivity index is 1.70. The number of aromatic nitrogens is 4. The van der Waals surface area contributed by atoms with E-state index in [0.29, 0.717) is 0 Å². The van der Waals surface area contributed by atoms with Crippen LogP contribution in [0.25, 0.3) is 33.2 Å². The number of rotatable bonds is 4. The van der Waals surface area contributed by atoms with Crippen LogP contribution < -0.4 is 10.5 Å². The number of para-hydroxylation sites is 1. The predicted octanol–water partition coefficient (Wildman–Crippen LogP) is 7.53. The van der Waals surface area contributed by atoms with Crippen molar-refractivity contribution in [2.24, 2.45) is 0 Å². The van der Waals surface area contributed by atoms with Crippen LogP contribution in [0.4, 0.5) is 0 Å². The fourth-order valence-corrected chi connectivity index (χ4v) is 14.3. The minimum Gasteiger partial charge on any atom is -0.309 e. The summed E-state index contributed by atoms with van der Waals surface area (Å²) in [4.78, 5) is 5.05. The molecule has 0 saturated heterocycles. The molecule has 4 nitrogen and oxygen atoms in total. The quantitative estimate of drug-likeness (QED) is 0.222. The second-order valence-electron chi connectivity index (χ2n) is 12.5. The second kappa shape index (κ2) is 9.06. The minimum absolute atomic E-state index is 0.0319. The average Bonchev–Trinajstić information content (AvgIpc) is 3.55. The van der Waals surface area contributed by atoms with E-state index in [4.69, 9.17) is 4.98 Å². The number of hydrogen-bond donors (Lipinski definition) is 0. The lowest BCUT2D eigenvalue weighted by atomic mass is 10.1. The molecule has 0 aliphatic heterocycles. The van der Waals surface area contributed by atoms with Gasteiger partial charge in [0.05, 0.1) is 16.7 Å². The Labute approximate surface area is 232 Å². The molecule has 5 heteroatoms. The van der Waals surface area contributed by atoms with Gasteiger partial charge in [-0.1, -0.05) is 84.0 Å². The Morgan fingerprint density at radius 1 is 0.615 bits per heavy atom. The highest BCUT2D eigenvalue weighted by Gasteiger charge is 2.56. The summed E-state index contributed by atoms with van der Waals surface area (Å²) in [5, 5.41) is 9.73. The SMILES string of the molecule is CC(C)(C)[Si](c1ccc2c3ccccc3n(-c3cccc(-n4cccn4)c3)c2c1)(c1ccccn1)C(C)(C)C. The molecule has 0 bridgehead atoms. The molecule has 0 atom stereocenters. The number of pyridine rings is 1. The first-order chi connectivity index (χ1) is 18.6. The van der Waals surface area contributed by atoms with Gasteiger partial charge in [-0.3, -0.25) is 4.98 Å². The molecule has 0 unspecified atom stereocenters. The second-order valence-corrected chi connectivity index (χ2v) is 18.1. The molecule has 0 aliphatic carbocycles. The van der Waals surface area contributed by atoms with Crippen molar-refractivity contribution in [2.75, 3.05) is 0 Å². The summed E-state index contributed by atoms with van der Waals surface area (Å²) < 4.78 is 4.34. The van der Waals surface area contributed by atoms with Gasteiger partial charge in [0.15, 0.2) is 8.07 Å². The highest BCUT2D eigenvalue weighted by atomic mass is 28.3. The molecule has 0 fully saturated rings. The zero-order valence-corrected chi connectivity index (χ0v) is 24.7. The Bertz CT molecular complexity index is 1750. The third-order valence-electron chi connectivity index (χ3n) is 8.26. The summed E-state index contributed by atoms with van der Waals surface area (Å²) in [6.07, 6.45) is 5.77. The first kappa shape index (κ1) is 25.3. The first-order valence-electron chi connectivity index (χ1n) is 13.7. The standard InChI is InChI=1S/C34H36N4Si/c1-33(2,3)39(34(4,5)6,32-17-9-10-20-35-32)27-18-19-29-28-15-7-8-16-30(28)38(31(29)24-27)26-14-11-13-25(23-26)37-22-12-21-36-37/h7-24H,1-6H3. The molecule has 6 aromatic rings. The molecule has 0 saturated carbocycles. The van der Waals surface area contributed by atoms with Crippen LogP contribution in [-0.4, -0.2) is 27.4 Å². The van der Waals surface area contributed by atoms with E-state index >= 15 is 0 Å². The van der Waals surface area contributed by atoms with Gasteiger partial charge < -0.3 is 4.57 Å². The molecule has 196 valence electrons. The molecule has 0 radical (unpaired) electrons. The normalized spacial score (nSPS) is 12.9. The van der Waals surface area contributed by atoms with Crippen molar-refractivity contribution in [3.05, 3.63) is 110 Å². The number of nitrogens with zero attached hydrogens (tertiary/aromatic N) is 4. The third kappa shape index (κ3) is 3.87. The molecule has 0 aliphatic rings. The van der Waals surface area contributed by atoms with Crippen molar-refractivity contribution < 1.29 is 0 Å². The van der Waals surface area contributed by atoms with Crippen LogP contribution in [0.15, 0.2) is 110 Å². The number of hydrogen-bond acceptors (Lipinski definition) is 2. The summed E-state index contributed by atoms with van der Waals surface area (Å²) in [7, 11) is -2.43. The van der Waals surface area contributed by atoms with Crippen molar-refractivity contribution in [3.8, 4) is 11.4 Å². The molecular weight excluding hydrogens is 492 g/mol. The number of fused-ring (bicyclic) bond motifs is 3. The smallest absolute Gasteiger partial charge is 0.151 e.